The van der Waals surface area contributed by atoms with Crippen molar-refractivity contribution in [1.29, 1.82) is 0 Å². The molecule has 0 radical (unpaired) electrons. The molecule has 2 N–H and O–H groups in total. The number of carbonyl (C=O) groups excluding carboxylic acids is 1. The Morgan fingerprint density at radius 1 is 1.38 bits per heavy atom. The molecule has 2 unspecified atom stereocenters. The Morgan fingerprint density at radius 2 is 2.12 bits per heavy atom. The smallest absolute Gasteiger partial charge is 0.410 e. The second-order valence-electron chi connectivity index (χ2n) is 7.64. The molecule has 0 aromatic carbocycles. The molecule has 3 rings (SSSR count). The van der Waals surface area contributed by atoms with Crippen molar-refractivity contribution >= 4 is 11.9 Å². The van der Waals surface area contributed by atoms with Gasteiger partial charge in [-0.25, -0.2) is 9.78 Å². The van der Waals surface area contributed by atoms with Gasteiger partial charge in [0.05, 0.1) is 18.8 Å². The van der Waals surface area contributed by atoms with Gasteiger partial charge in [0.15, 0.2) is 11.5 Å². The van der Waals surface area contributed by atoms with E-state index in [0.717, 1.165) is 0 Å². The molecule has 0 spiro atoms. The third-order valence-electron chi connectivity index (χ3n) is 4.35. The zero-order valence-electron chi connectivity index (χ0n) is 15.5. The maximum Gasteiger partial charge on any atom is 0.410 e. The average molecular weight is 365 g/mol. The first-order valence-electron chi connectivity index (χ1n) is 8.97. The Hall–Kier alpha value is -2.22. The Morgan fingerprint density at radius 3 is 2.81 bits per heavy atom. The van der Waals surface area contributed by atoms with Gasteiger partial charge in [0.1, 0.15) is 24.6 Å². The molecule has 8 heteroatoms. The molecule has 1 fully saturated rings. The van der Waals surface area contributed by atoms with Crippen molar-refractivity contribution in [3.63, 3.8) is 0 Å². The minimum Gasteiger partial charge on any atom is -0.486 e. The topological polar surface area (TPSA) is 93.2 Å². The van der Waals surface area contributed by atoms with E-state index >= 15 is 0 Å². The van der Waals surface area contributed by atoms with E-state index in [1.165, 1.54) is 0 Å². The lowest BCUT2D eigenvalue weighted by Crippen LogP contribution is -2.49. The standard InChI is InChI=1S/C18H27N3O5/c1-18(2,3)26-17(23)21-5-4-12(13(22)11-21)9-19-16-8-14-15(10-20-16)25-7-6-24-14/h8,10,12-13,22H,4-7,9,11H2,1-3H3,(H,19,20). The molecular weight excluding hydrogens is 338 g/mol. The van der Waals surface area contributed by atoms with Crippen LogP contribution in [0.4, 0.5) is 10.6 Å². The van der Waals surface area contributed by atoms with Gasteiger partial charge >= 0.3 is 6.09 Å². The highest BCUT2D eigenvalue weighted by atomic mass is 16.6. The number of β-amino-alcohol motifs (C(OH)–C–C–N with tert-alkyl or cyclic N) is 1. The second-order valence-corrected chi connectivity index (χ2v) is 7.64. The van der Waals surface area contributed by atoms with E-state index in [-0.39, 0.29) is 18.6 Å². The van der Waals surface area contributed by atoms with Gasteiger partial charge in [0.2, 0.25) is 0 Å². The van der Waals surface area contributed by atoms with E-state index < -0.39 is 11.7 Å². The SMILES string of the molecule is CC(C)(C)OC(=O)N1CCC(CNc2cc3c(cn2)OCCO3)C(O)C1. The highest BCUT2D eigenvalue weighted by molar-refractivity contribution is 5.68. The van der Waals surface area contributed by atoms with Crippen molar-refractivity contribution < 1.29 is 24.1 Å². The number of fused-ring (bicyclic) bond motifs is 1. The number of aliphatic hydroxyl groups is 1. The summed E-state index contributed by atoms with van der Waals surface area (Å²) in [4.78, 5) is 18.0. The summed E-state index contributed by atoms with van der Waals surface area (Å²) in [5.41, 5.74) is -0.537. The number of piperidine rings is 1. The lowest BCUT2D eigenvalue weighted by Gasteiger charge is -2.36. The first kappa shape index (κ1) is 18.6. The van der Waals surface area contributed by atoms with Gasteiger partial charge in [-0.15, -0.1) is 0 Å². The van der Waals surface area contributed by atoms with Gasteiger partial charge in [-0.3, -0.25) is 0 Å². The number of hydrogen-bond donors (Lipinski definition) is 2. The molecule has 1 saturated heterocycles. The van der Waals surface area contributed by atoms with Crippen LogP contribution in [0.2, 0.25) is 0 Å². The predicted octanol–water partition coefficient (Wildman–Crippen LogP) is 1.88. The molecule has 3 heterocycles. The summed E-state index contributed by atoms with van der Waals surface area (Å²) in [6.07, 6.45) is 1.34. The summed E-state index contributed by atoms with van der Waals surface area (Å²) in [5, 5.41) is 13.6. The van der Waals surface area contributed by atoms with Crippen molar-refractivity contribution in [3.05, 3.63) is 12.3 Å². The fourth-order valence-electron chi connectivity index (χ4n) is 2.99. The number of likely N-dealkylation sites (tertiary alicyclic amines) is 1. The number of amides is 1. The van der Waals surface area contributed by atoms with Crippen LogP contribution in [0, 0.1) is 5.92 Å². The molecule has 1 amide bonds. The van der Waals surface area contributed by atoms with Gasteiger partial charge in [-0.2, -0.15) is 0 Å². The van der Waals surface area contributed by atoms with Crippen molar-refractivity contribution in [2.24, 2.45) is 5.92 Å². The van der Waals surface area contributed by atoms with Crippen molar-refractivity contribution in [3.8, 4) is 11.5 Å². The van der Waals surface area contributed by atoms with Crippen LogP contribution in [0.5, 0.6) is 11.5 Å². The number of rotatable bonds is 3. The summed E-state index contributed by atoms with van der Waals surface area (Å²) in [6.45, 7) is 7.95. The Balaban J connectivity index is 1.50. The van der Waals surface area contributed by atoms with Gasteiger partial charge in [-0.1, -0.05) is 0 Å². The van der Waals surface area contributed by atoms with Crippen LogP contribution in [0.3, 0.4) is 0 Å². The fraction of sp³-hybridized carbons (Fsp3) is 0.667. The van der Waals surface area contributed by atoms with E-state index in [9.17, 15) is 9.90 Å². The monoisotopic (exact) mass is 365 g/mol. The molecule has 1 aromatic heterocycles. The third kappa shape index (κ3) is 4.69. The van der Waals surface area contributed by atoms with Crippen LogP contribution in [0.25, 0.3) is 0 Å². The molecule has 2 atom stereocenters. The zero-order valence-corrected chi connectivity index (χ0v) is 15.5. The normalized spacial score (nSPS) is 22.7. The van der Waals surface area contributed by atoms with Crippen molar-refractivity contribution in [2.75, 3.05) is 38.2 Å². The molecule has 8 nitrogen and oxygen atoms in total. The maximum absolute atomic E-state index is 12.1. The molecule has 0 saturated carbocycles. The zero-order chi connectivity index (χ0) is 18.7. The minimum atomic E-state index is -0.610. The number of nitrogens with zero attached hydrogens (tertiary/aromatic N) is 2. The molecule has 26 heavy (non-hydrogen) atoms. The quantitative estimate of drug-likeness (QED) is 0.845. The van der Waals surface area contributed by atoms with Gasteiger partial charge in [-0.05, 0) is 27.2 Å². The number of pyridine rings is 1. The molecular formula is C18H27N3O5. The number of anilines is 1. The van der Waals surface area contributed by atoms with E-state index in [2.05, 4.69) is 10.3 Å². The van der Waals surface area contributed by atoms with Crippen molar-refractivity contribution in [1.82, 2.24) is 9.88 Å². The number of nitrogens with one attached hydrogen (secondary N) is 1. The number of aromatic nitrogens is 1. The summed E-state index contributed by atoms with van der Waals surface area (Å²) in [5.74, 6) is 2.03. The molecule has 0 aliphatic carbocycles. The Kier molecular flexibility index (Phi) is 5.41. The molecule has 2 aliphatic rings. The van der Waals surface area contributed by atoms with Gasteiger partial charge < -0.3 is 29.5 Å². The Bertz CT molecular complexity index is 646. The number of ether oxygens (including phenoxy) is 3. The number of hydrogen-bond acceptors (Lipinski definition) is 7. The summed E-state index contributed by atoms with van der Waals surface area (Å²) < 4.78 is 16.4. The summed E-state index contributed by atoms with van der Waals surface area (Å²) in [6, 6.07) is 1.80. The molecule has 1 aromatic rings. The Labute approximate surface area is 153 Å². The van der Waals surface area contributed by atoms with Crippen LogP contribution in [0.15, 0.2) is 12.3 Å². The third-order valence-corrected chi connectivity index (χ3v) is 4.35. The van der Waals surface area contributed by atoms with E-state index in [1.807, 2.05) is 20.8 Å². The largest absolute Gasteiger partial charge is 0.486 e. The van der Waals surface area contributed by atoms with Gasteiger partial charge in [0, 0.05) is 25.1 Å². The average Bonchev–Trinajstić information content (AvgIpc) is 2.59. The van der Waals surface area contributed by atoms with E-state index in [0.29, 0.717) is 50.0 Å². The predicted molar refractivity (Wildman–Crippen MR) is 95.6 cm³/mol. The minimum absolute atomic E-state index is 0.0312. The number of aliphatic hydroxyl groups excluding tert-OH is 1. The van der Waals surface area contributed by atoms with Crippen molar-refractivity contribution in [2.45, 2.75) is 38.9 Å². The molecule has 0 bridgehead atoms. The first-order valence-corrected chi connectivity index (χ1v) is 8.97. The van der Waals surface area contributed by atoms with Crippen LogP contribution in [0.1, 0.15) is 27.2 Å². The fourth-order valence-corrected chi connectivity index (χ4v) is 2.99. The summed E-state index contributed by atoms with van der Waals surface area (Å²) >= 11 is 0. The van der Waals surface area contributed by atoms with Crippen LogP contribution in [-0.2, 0) is 4.74 Å². The van der Waals surface area contributed by atoms with E-state index in [4.69, 9.17) is 14.2 Å². The highest BCUT2D eigenvalue weighted by Gasteiger charge is 2.32. The first-order chi connectivity index (χ1) is 12.3. The van der Waals surface area contributed by atoms with Crippen LogP contribution in [-0.4, -0.2) is 65.6 Å². The maximum atomic E-state index is 12.1. The van der Waals surface area contributed by atoms with Gasteiger partial charge in [0.25, 0.3) is 0 Å². The highest BCUT2D eigenvalue weighted by Crippen LogP contribution is 2.31. The number of carbonyl (C=O) groups is 1. The second kappa shape index (κ2) is 7.57. The lowest BCUT2D eigenvalue weighted by molar-refractivity contribution is -0.0104. The van der Waals surface area contributed by atoms with Crippen LogP contribution >= 0.6 is 0 Å². The van der Waals surface area contributed by atoms with E-state index in [1.54, 1.807) is 17.2 Å². The lowest BCUT2D eigenvalue weighted by atomic mass is 9.94. The molecule has 144 valence electrons. The molecule has 2 aliphatic heterocycles. The summed E-state index contributed by atoms with van der Waals surface area (Å²) in [7, 11) is 0. The van der Waals surface area contributed by atoms with Crippen LogP contribution < -0.4 is 14.8 Å².